The predicted molar refractivity (Wildman–Crippen MR) is 88.0 cm³/mol. The molecule has 5 nitrogen and oxygen atoms in total. The van der Waals surface area contributed by atoms with Gasteiger partial charge in [0, 0.05) is 11.8 Å². The molecule has 5 heteroatoms. The van der Waals surface area contributed by atoms with E-state index in [1.165, 1.54) is 0 Å². The molecule has 0 saturated heterocycles. The van der Waals surface area contributed by atoms with Crippen LogP contribution in [0.1, 0.15) is 17.0 Å². The number of oxazole rings is 1. The zero-order valence-corrected chi connectivity index (χ0v) is 13.0. The van der Waals surface area contributed by atoms with Crippen molar-refractivity contribution in [2.45, 2.75) is 20.3 Å². The van der Waals surface area contributed by atoms with Crippen LogP contribution in [0.5, 0.6) is 0 Å². The molecule has 3 aromatic rings. The molecule has 0 unspecified atom stereocenters. The topological polar surface area (TPSA) is 68.0 Å². The van der Waals surface area contributed by atoms with Gasteiger partial charge in [-0.15, -0.1) is 0 Å². The Labute approximate surface area is 134 Å². The van der Waals surface area contributed by atoms with Crippen molar-refractivity contribution < 1.29 is 9.21 Å². The van der Waals surface area contributed by atoms with Crippen molar-refractivity contribution in [3.05, 3.63) is 65.7 Å². The van der Waals surface area contributed by atoms with Crippen LogP contribution in [-0.2, 0) is 11.2 Å². The Balaban J connectivity index is 1.74. The number of nitrogens with zero attached hydrogens (tertiary/aromatic N) is 2. The summed E-state index contributed by atoms with van der Waals surface area (Å²) in [6, 6.07) is 13.4. The molecule has 2 aromatic heterocycles. The smallest absolute Gasteiger partial charge is 0.231 e. The third-order valence-electron chi connectivity index (χ3n) is 3.51. The Kier molecular flexibility index (Phi) is 4.19. The van der Waals surface area contributed by atoms with Crippen LogP contribution in [0, 0.1) is 13.8 Å². The van der Waals surface area contributed by atoms with Crippen LogP contribution in [-0.4, -0.2) is 15.9 Å². The van der Waals surface area contributed by atoms with Gasteiger partial charge in [0.1, 0.15) is 11.6 Å². The summed E-state index contributed by atoms with van der Waals surface area (Å²) in [5.74, 6) is 1.58. The SMILES string of the molecule is Cc1cccnc1NC(=O)Cc1nc(-c2ccccc2)oc1C. The molecular weight excluding hydrogens is 290 g/mol. The number of aromatic nitrogens is 2. The van der Waals surface area contributed by atoms with Crippen molar-refractivity contribution in [3.8, 4) is 11.5 Å². The maximum absolute atomic E-state index is 12.2. The molecule has 1 amide bonds. The minimum atomic E-state index is -0.164. The number of anilines is 1. The van der Waals surface area contributed by atoms with E-state index in [4.69, 9.17) is 4.42 Å². The Morgan fingerprint density at radius 2 is 1.91 bits per heavy atom. The zero-order chi connectivity index (χ0) is 16.2. The summed E-state index contributed by atoms with van der Waals surface area (Å²) in [5, 5.41) is 2.80. The lowest BCUT2D eigenvalue weighted by molar-refractivity contribution is -0.115. The van der Waals surface area contributed by atoms with E-state index >= 15 is 0 Å². The molecule has 0 atom stereocenters. The van der Waals surface area contributed by atoms with Crippen LogP contribution in [0.4, 0.5) is 5.82 Å². The molecular formula is C18H17N3O2. The molecule has 0 aliphatic heterocycles. The standard InChI is InChI=1S/C18H17N3O2/c1-12-7-6-10-19-17(12)21-16(22)11-15-13(2)23-18(20-15)14-8-4-3-5-9-14/h3-10H,11H2,1-2H3,(H,19,21,22). The third-order valence-corrected chi connectivity index (χ3v) is 3.51. The molecule has 0 aliphatic rings. The first kappa shape index (κ1) is 15.0. The van der Waals surface area contributed by atoms with E-state index in [0.29, 0.717) is 23.2 Å². The van der Waals surface area contributed by atoms with Gasteiger partial charge in [-0.05, 0) is 37.6 Å². The second-order valence-corrected chi connectivity index (χ2v) is 5.28. The molecule has 0 aliphatic carbocycles. The Bertz CT molecular complexity index is 825. The fourth-order valence-corrected chi connectivity index (χ4v) is 2.24. The number of hydrogen-bond acceptors (Lipinski definition) is 4. The summed E-state index contributed by atoms with van der Waals surface area (Å²) in [7, 11) is 0. The van der Waals surface area contributed by atoms with E-state index in [0.717, 1.165) is 11.1 Å². The number of carbonyl (C=O) groups is 1. The number of nitrogens with one attached hydrogen (secondary N) is 1. The molecule has 3 rings (SSSR count). The molecule has 0 bridgehead atoms. The van der Waals surface area contributed by atoms with Gasteiger partial charge in [-0.25, -0.2) is 9.97 Å². The van der Waals surface area contributed by atoms with Crippen molar-refractivity contribution in [2.24, 2.45) is 0 Å². The van der Waals surface area contributed by atoms with E-state index in [1.54, 1.807) is 6.20 Å². The number of carbonyl (C=O) groups excluding carboxylic acids is 1. The highest BCUT2D eigenvalue weighted by atomic mass is 16.4. The van der Waals surface area contributed by atoms with E-state index < -0.39 is 0 Å². The summed E-state index contributed by atoms with van der Waals surface area (Å²) in [4.78, 5) is 20.8. The van der Waals surface area contributed by atoms with Crippen LogP contribution in [0.25, 0.3) is 11.5 Å². The van der Waals surface area contributed by atoms with Gasteiger partial charge in [-0.1, -0.05) is 24.3 Å². The minimum absolute atomic E-state index is 0.151. The molecule has 0 radical (unpaired) electrons. The maximum atomic E-state index is 12.2. The van der Waals surface area contributed by atoms with Crippen LogP contribution in [0.2, 0.25) is 0 Å². The lowest BCUT2D eigenvalue weighted by atomic mass is 10.2. The van der Waals surface area contributed by atoms with Crippen molar-refractivity contribution in [1.82, 2.24) is 9.97 Å². The first-order valence-electron chi connectivity index (χ1n) is 7.36. The number of aryl methyl sites for hydroxylation is 2. The number of pyridine rings is 1. The number of hydrogen-bond donors (Lipinski definition) is 1. The van der Waals surface area contributed by atoms with Crippen molar-refractivity contribution in [3.63, 3.8) is 0 Å². The van der Waals surface area contributed by atoms with Crippen molar-refractivity contribution >= 4 is 11.7 Å². The highest BCUT2D eigenvalue weighted by Gasteiger charge is 2.15. The fraction of sp³-hybridized carbons (Fsp3) is 0.167. The van der Waals surface area contributed by atoms with E-state index in [1.807, 2.05) is 56.3 Å². The van der Waals surface area contributed by atoms with Gasteiger partial charge in [0.2, 0.25) is 11.8 Å². The molecule has 23 heavy (non-hydrogen) atoms. The van der Waals surface area contributed by atoms with Gasteiger partial charge in [-0.3, -0.25) is 4.79 Å². The summed E-state index contributed by atoms with van der Waals surface area (Å²) in [6.45, 7) is 3.71. The van der Waals surface area contributed by atoms with Gasteiger partial charge in [0.05, 0.1) is 12.1 Å². The summed E-state index contributed by atoms with van der Waals surface area (Å²) >= 11 is 0. The number of amides is 1. The van der Waals surface area contributed by atoms with Crippen LogP contribution < -0.4 is 5.32 Å². The normalized spacial score (nSPS) is 10.5. The highest BCUT2D eigenvalue weighted by Crippen LogP contribution is 2.22. The molecule has 116 valence electrons. The van der Waals surface area contributed by atoms with Gasteiger partial charge in [0.25, 0.3) is 0 Å². The van der Waals surface area contributed by atoms with Crippen LogP contribution >= 0.6 is 0 Å². The van der Waals surface area contributed by atoms with E-state index in [9.17, 15) is 4.79 Å². The summed E-state index contributed by atoms with van der Waals surface area (Å²) in [6.07, 6.45) is 1.80. The molecule has 2 heterocycles. The zero-order valence-electron chi connectivity index (χ0n) is 13.0. The minimum Gasteiger partial charge on any atom is -0.441 e. The average Bonchev–Trinajstić information content (AvgIpc) is 2.91. The predicted octanol–water partition coefficient (Wildman–Crippen LogP) is 3.53. The largest absolute Gasteiger partial charge is 0.441 e. The lowest BCUT2D eigenvalue weighted by Gasteiger charge is -2.05. The third kappa shape index (κ3) is 3.45. The van der Waals surface area contributed by atoms with Gasteiger partial charge < -0.3 is 9.73 Å². The van der Waals surface area contributed by atoms with Gasteiger partial charge in [-0.2, -0.15) is 0 Å². The van der Waals surface area contributed by atoms with E-state index in [-0.39, 0.29) is 12.3 Å². The Morgan fingerprint density at radius 3 is 2.65 bits per heavy atom. The lowest BCUT2D eigenvalue weighted by Crippen LogP contribution is -2.16. The van der Waals surface area contributed by atoms with E-state index in [2.05, 4.69) is 15.3 Å². The highest BCUT2D eigenvalue weighted by molar-refractivity contribution is 5.91. The van der Waals surface area contributed by atoms with Crippen molar-refractivity contribution in [2.75, 3.05) is 5.32 Å². The molecule has 1 N–H and O–H groups in total. The second kappa shape index (κ2) is 6.44. The first-order chi connectivity index (χ1) is 11.1. The fourth-order valence-electron chi connectivity index (χ4n) is 2.24. The molecule has 0 saturated carbocycles. The first-order valence-corrected chi connectivity index (χ1v) is 7.36. The van der Waals surface area contributed by atoms with Crippen LogP contribution in [0.15, 0.2) is 53.1 Å². The van der Waals surface area contributed by atoms with Gasteiger partial charge in [0.15, 0.2) is 0 Å². The summed E-state index contributed by atoms with van der Waals surface area (Å²) in [5.41, 5.74) is 2.44. The second-order valence-electron chi connectivity index (χ2n) is 5.28. The van der Waals surface area contributed by atoms with Gasteiger partial charge >= 0.3 is 0 Å². The quantitative estimate of drug-likeness (QED) is 0.800. The number of benzene rings is 1. The van der Waals surface area contributed by atoms with Crippen molar-refractivity contribution in [1.29, 1.82) is 0 Å². The molecule has 0 spiro atoms. The maximum Gasteiger partial charge on any atom is 0.231 e. The van der Waals surface area contributed by atoms with Crippen LogP contribution in [0.3, 0.4) is 0 Å². The summed E-state index contributed by atoms with van der Waals surface area (Å²) < 4.78 is 5.67. The molecule has 1 aromatic carbocycles. The molecule has 0 fully saturated rings. The Morgan fingerprint density at radius 1 is 1.13 bits per heavy atom. The number of rotatable bonds is 4. The Hall–Kier alpha value is -2.95. The monoisotopic (exact) mass is 307 g/mol. The average molecular weight is 307 g/mol.